The molecule has 0 atom stereocenters. The zero-order valence-corrected chi connectivity index (χ0v) is 9.06. The third kappa shape index (κ3) is 2.81. The van der Waals surface area contributed by atoms with Crippen LogP contribution in [0, 0.1) is 0 Å². The Bertz CT molecular complexity index is 423. The Labute approximate surface area is 95.3 Å². The van der Waals surface area contributed by atoms with Crippen LogP contribution in [0.1, 0.15) is 11.1 Å². The molecule has 82 valence electrons. The maximum atomic E-state index is 5.50. The highest BCUT2D eigenvalue weighted by molar-refractivity contribution is 5.36. The van der Waals surface area contributed by atoms with Gasteiger partial charge < -0.3 is 11.1 Å². The highest BCUT2D eigenvalue weighted by Gasteiger charge is 1.95. The lowest BCUT2D eigenvalue weighted by Crippen LogP contribution is -2.02. The minimum Gasteiger partial charge on any atom is -0.366 e. The molecule has 0 bridgehead atoms. The molecule has 1 heterocycles. The first-order chi connectivity index (χ1) is 7.88. The van der Waals surface area contributed by atoms with Crippen molar-refractivity contribution in [3.63, 3.8) is 0 Å². The van der Waals surface area contributed by atoms with E-state index in [9.17, 15) is 0 Å². The van der Waals surface area contributed by atoms with E-state index in [4.69, 9.17) is 5.73 Å². The Kier molecular flexibility index (Phi) is 3.51. The van der Waals surface area contributed by atoms with E-state index in [1.54, 1.807) is 6.20 Å². The van der Waals surface area contributed by atoms with E-state index in [0.717, 1.165) is 17.9 Å². The lowest BCUT2D eigenvalue weighted by atomic mass is 10.2. The van der Waals surface area contributed by atoms with E-state index in [2.05, 4.69) is 22.4 Å². The highest BCUT2D eigenvalue weighted by Crippen LogP contribution is 2.07. The normalized spacial score (nSPS) is 10.1. The van der Waals surface area contributed by atoms with Crippen LogP contribution in [-0.2, 0) is 13.1 Å². The van der Waals surface area contributed by atoms with Gasteiger partial charge in [0.1, 0.15) is 5.82 Å². The molecule has 0 unspecified atom stereocenters. The topological polar surface area (TPSA) is 50.9 Å². The summed E-state index contributed by atoms with van der Waals surface area (Å²) in [6, 6.07) is 14.2. The molecule has 3 nitrogen and oxygen atoms in total. The van der Waals surface area contributed by atoms with Crippen LogP contribution in [0.25, 0.3) is 0 Å². The van der Waals surface area contributed by atoms with Gasteiger partial charge in [-0.3, -0.25) is 0 Å². The van der Waals surface area contributed by atoms with Gasteiger partial charge in [0.2, 0.25) is 0 Å². The molecular formula is C13H15N3. The number of rotatable bonds is 4. The monoisotopic (exact) mass is 213 g/mol. The first-order valence-corrected chi connectivity index (χ1v) is 5.31. The van der Waals surface area contributed by atoms with Gasteiger partial charge in [-0.05, 0) is 17.2 Å². The van der Waals surface area contributed by atoms with Crippen molar-refractivity contribution in [3.8, 4) is 0 Å². The van der Waals surface area contributed by atoms with Crippen LogP contribution in [0.4, 0.5) is 5.82 Å². The van der Waals surface area contributed by atoms with Crippen LogP contribution >= 0.6 is 0 Å². The van der Waals surface area contributed by atoms with Gasteiger partial charge in [-0.2, -0.15) is 0 Å². The number of nitrogens with zero attached hydrogens (tertiary/aromatic N) is 1. The molecule has 0 spiro atoms. The largest absolute Gasteiger partial charge is 0.366 e. The van der Waals surface area contributed by atoms with Crippen LogP contribution in [0.15, 0.2) is 48.7 Å². The summed E-state index contributed by atoms with van der Waals surface area (Å²) in [5.41, 5.74) is 7.79. The number of anilines is 1. The summed E-state index contributed by atoms with van der Waals surface area (Å²) in [6.45, 7) is 1.32. The Morgan fingerprint density at radius 1 is 1.00 bits per heavy atom. The summed E-state index contributed by atoms with van der Waals surface area (Å²) >= 11 is 0. The van der Waals surface area contributed by atoms with Crippen molar-refractivity contribution < 1.29 is 0 Å². The van der Waals surface area contributed by atoms with Gasteiger partial charge in [0.05, 0.1) is 0 Å². The number of pyridine rings is 1. The molecule has 0 radical (unpaired) electrons. The second-order valence-electron chi connectivity index (χ2n) is 3.59. The van der Waals surface area contributed by atoms with Gasteiger partial charge in [-0.15, -0.1) is 0 Å². The third-order valence-corrected chi connectivity index (χ3v) is 2.38. The molecule has 3 heteroatoms. The zero-order valence-electron chi connectivity index (χ0n) is 9.06. The summed E-state index contributed by atoms with van der Waals surface area (Å²) in [6.07, 6.45) is 1.80. The number of hydrogen-bond acceptors (Lipinski definition) is 3. The zero-order chi connectivity index (χ0) is 11.2. The van der Waals surface area contributed by atoms with E-state index in [-0.39, 0.29) is 0 Å². The van der Waals surface area contributed by atoms with Gasteiger partial charge in [0.15, 0.2) is 0 Å². The smallest absolute Gasteiger partial charge is 0.126 e. The van der Waals surface area contributed by atoms with Gasteiger partial charge in [-0.25, -0.2) is 4.98 Å². The van der Waals surface area contributed by atoms with Crippen molar-refractivity contribution in [2.24, 2.45) is 5.73 Å². The number of benzene rings is 1. The van der Waals surface area contributed by atoms with Crippen LogP contribution in [0.2, 0.25) is 0 Å². The van der Waals surface area contributed by atoms with Gasteiger partial charge in [0, 0.05) is 19.3 Å². The molecule has 0 fully saturated rings. The van der Waals surface area contributed by atoms with Crippen molar-refractivity contribution in [3.05, 3.63) is 59.8 Å². The summed E-state index contributed by atoms with van der Waals surface area (Å²) in [4.78, 5) is 4.27. The predicted octanol–water partition coefficient (Wildman–Crippen LogP) is 2.15. The summed E-state index contributed by atoms with van der Waals surface area (Å²) in [5.74, 6) is 0.876. The molecule has 0 saturated carbocycles. The van der Waals surface area contributed by atoms with Gasteiger partial charge in [0.25, 0.3) is 0 Å². The van der Waals surface area contributed by atoms with Gasteiger partial charge >= 0.3 is 0 Å². The Morgan fingerprint density at radius 2 is 1.81 bits per heavy atom. The van der Waals surface area contributed by atoms with Crippen molar-refractivity contribution in [1.29, 1.82) is 0 Å². The molecule has 2 aromatic rings. The van der Waals surface area contributed by atoms with E-state index in [1.165, 1.54) is 5.56 Å². The summed E-state index contributed by atoms with van der Waals surface area (Å²) in [7, 11) is 0. The summed E-state index contributed by atoms with van der Waals surface area (Å²) < 4.78 is 0. The lowest BCUT2D eigenvalue weighted by molar-refractivity contribution is 1.04. The number of hydrogen-bond donors (Lipinski definition) is 2. The fraction of sp³-hybridized carbons (Fsp3) is 0.154. The van der Waals surface area contributed by atoms with Crippen molar-refractivity contribution in [1.82, 2.24) is 4.98 Å². The van der Waals surface area contributed by atoms with E-state index < -0.39 is 0 Å². The molecule has 1 aromatic carbocycles. The van der Waals surface area contributed by atoms with E-state index in [0.29, 0.717) is 6.54 Å². The number of nitrogens with one attached hydrogen (secondary N) is 1. The highest BCUT2D eigenvalue weighted by atomic mass is 15.0. The lowest BCUT2D eigenvalue weighted by Gasteiger charge is -2.05. The van der Waals surface area contributed by atoms with Crippen LogP contribution in [0.3, 0.4) is 0 Å². The van der Waals surface area contributed by atoms with Crippen LogP contribution in [0.5, 0.6) is 0 Å². The minimum atomic E-state index is 0.534. The third-order valence-electron chi connectivity index (χ3n) is 2.38. The molecule has 2 rings (SSSR count). The van der Waals surface area contributed by atoms with Crippen LogP contribution < -0.4 is 11.1 Å². The average molecular weight is 213 g/mol. The summed E-state index contributed by atoms with van der Waals surface area (Å²) in [5, 5.41) is 3.26. The quantitative estimate of drug-likeness (QED) is 0.818. The van der Waals surface area contributed by atoms with Crippen LogP contribution in [-0.4, -0.2) is 4.98 Å². The number of nitrogens with two attached hydrogens (primary N) is 1. The first kappa shape index (κ1) is 10.6. The molecule has 16 heavy (non-hydrogen) atoms. The molecule has 0 aliphatic heterocycles. The molecule has 3 N–H and O–H groups in total. The Balaban J connectivity index is 1.94. The average Bonchev–Trinajstić information content (AvgIpc) is 2.38. The fourth-order valence-corrected chi connectivity index (χ4v) is 1.44. The van der Waals surface area contributed by atoms with E-state index >= 15 is 0 Å². The fourth-order valence-electron chi connectivity index (χ4n) is 1.44. The predicted molar refractivity (Wildman–Crippen MR) is 65.9 cm³/mol. The number of aromatic nitrogens is 1. The molecule has 0 amide bonds. The maximum Gasteiger partial charge on any atom is 0.126 e. The Morgan fingerprint density at radius 3 is 2.44 bits per heavy atom. The van der Waals surface area contributed by atoms with E-state index in [1.807, 2.05) is 30.3 Å². The second kappa shape index (κ2) is 5.28. The van der Waals surface area contributed by atoms with Crippen molar-refractivity contribution >= 4 is 5.82 Å². The molecular weight excluding hydrogens is 198 g/mol. The minimum absolute atomic E-state index is 0.534. The molecule has 0 aliphatic rings. The van der Waals surface area contributed by atoms with Gasteiger partial charge in [-0.1, -0.05) is 36.4 Å². The van der Waals surface area contributed by atoms with Crippen molar-refractivity contribution in [2.75, 3.05) is 5.32 Å². The first-order valence-electron chi connectivity index (χ1n) is 5.31. The molecule has 0 aliphatic carbocycles. The SMILES string of the molecule is NCc1ccc(NCc2ccccc2)nc1. The Hall–Kier alpha value is -1.87. The standard InChI is InChI=1S/C13H15N3/c14-8-12-6-7-13(16-10-12)15-9-11-4-2-1-3-5-11/h1-7,10H,8-9,14H2,(H,15,16). The maximum absolute atomic E-state index is 5.50. The second-order valence-corrected chi connectivity index (χ2v) is 3.59. The van der Waals surface area contributed by atoms with Crippen molar-refractivity contribution in [2.45, 2.75) is 13.1 Å². The molecule has 1 aromatic heterocycles. The molecule has 0 saturated heterocycles.